The predicted molar refractivity (Wildman–Crippen MR) is 138 cm³/mol. The van der Waals surface area contributed by atoms with E-state index in [9.17, 15) is 13.2 Å². The zero-order chi connectivity index (χ0) is 25.0. The Morgan fingerprint density at radius 1 is 1.06 bits per heavy atom. The van der Waals surface area contributed by atoms with Gasteiger partial charge in [0.25, 0.3) is 15.9 Å². The molecule has 184 valence electrons. The summed E-state index contributed by atoms with van der Waals surface area (Å²) in [6, 6.07) is 22.1. The Hall–Kier alpha value is -3.36. The van der Waals surface area contributed by atoms with Gasteiger partial charge >= 0.3 is 0 Å². The number of likely N-dealkylation sites (N-methyl/N-ethyl adjacent to an activating group) is 1. The number of hydrogen-bond acceptors (Lipinski definition) is 5. The summed E-state index contributed by atoms with van der Waals surface area (Å²) in [5.41, 5.74) is 3.05. The largest absolute Gasteiger partial charge is 0.496 e. The molecule has 0 spiro atoms. The summed E-state index contributed by atoms with van der Waals surface area (Å²) in [5.74, 6) is -0.0478. The molecule has 8 heteroatoms. The lowest BCUT2D eigenvalue weighted by molar-refractivity contribution is 0.0938. The van der Waals surface area contributed by atoms with Gasteiger partial charge in [-0.05, 0) is 62.3 Å². The van der Waals surface area contributed by atoms with E-state index in [2.05, 4.69) is 22.3 Å². The van der Waals surface area contributed by atoms with Crippen molar-refractivity contribution in [3.63, 3.8) is 0 Å². The van der Waals surface area contributed by atoms with Crippen LogP contribution in [0, 0.1) is 0 Å². The number of ether oxygens (including phenoxy) is 1. The topological polar surface area (TPSA) is 79.0 Å². The first kappa shape index (κ1) is 24.8. The average Bonchev–Trinajstić information content (AvgIpc) is 3.31. The number of nitrogens with zero attached hydrogens (tertiary/aromatic N) is 2. The van der Waals surface area contributed by atoms with Crippen LogP contribution in [0.25, 0.3) is 0 Å². The average molecular weight is 494 g/mol. The molecule has 1 amide bonds. The molecule has 35 heavy (non-hydrogen) atoms. The molecule has 1 N–H and O–H groups in total. The van der Waals surface area contributed by atoms with Gasteiger partial charge in [-0.1, -0.05) is 48.5 Å². The molecule has 3 aromatic rings. The van der Waals surface area contributed by atoms with Crippen molar-refractivity contribution in [2.24, 2.45) is 0 Å². The van der Waals surface area contributed by atoms with Crippen molar-refractivity contribution < 1.29 is 17.9 Å². The summed E-state index contributed by atoms with van der Waals surface area (Å²) in [6.45, 7) is 0.777. The fraction of sp³-hybridized carbons (Fsp3) is 0.296. The molecule has 4 rings (SSSR count). The van der Waals surface area contributed by atoms with E-state index < -0.39 is 10.0 Å². The van der Waals surface area contributed by atoms with Crippen LogP contribution in [-0.4, -0.2) is 59.6 Å². The molecule has 0 radical (unpaired) electrons. The molecule has 0 saturated carbocycles. The van der Waals surface area contributed by atoms with E-state index >= 15 is 0 Å². The van der Waals surface area contributed by atoms with Gasteiger partial charge in [0.2, 0.25) is 0 Å². The Morgan fingerprint density at radius 3 is 2.49 bits per heavy atom. The molecule has 1 atom stereocenters. The molecule has 0 aromatic heterocycles. The minimum atomic E-state index is -3.83. The van der Waals surface area contributed by atoms with Crippen molar-refractivity contribution >= 4 is 21.6 Å². The van der Waals surface area contributed by atoms with Crippen molar-refractivity contribution in [2.75, 3.05) is 38.6 Å². The van der Waals surface area contributed by atoms with Crippen LogP contribution in [0.2, 0.25) is 0 Å². The van der Waals surface area contributed by atoms with Crippen LogP contribution < -0.4 is 14.4 Å². The van der Waals surface area contributed by atoms with E-state index in [-0.39, 0.29) is 22.4 Å². The fourth-order valence-corrected chi connectivity index (χ4v) is 5.87. The Bertz CT molecular complexity index is 1290. The normalized spacial score (nSPS) is 14.0. The zero-order valence-corrected chi connectivity index (χ0v) is 21.1. The van der Waals surface area contributed by atoms with Gasteiger partial charge in [-0.15, -0.1) is 0 Å². The Labute approximate surface area is 207 Å². The fourth-order valence-electron chi connectivity index (χ4n) is 4.34. The number of anilines is 1. The number of benzene rings is 3. The number of hydrogen-bond donors (Lipinski definition) is 1. The number of amides is 1. The van der Waals surface area contributed by atoms with Crippen LogP contribution in [0.5, 0.6) is 5.75 Å². The van der Waals surface area contributed by atoms with E-state index in [1.807, 2.05) is 56.6 Å². The SMILES string of the molecule is COc1ccc(S(=O)(=O)N2CCc3ccccc32)cc1C(=O)NCC(Cc1ccccc1)N(C)C. The highest BCUT2D eigenvalue weighted by molar-refractivity contribution is 7.92. The minimum Gasteiger partial charge on any atom is -0.496 e. The summed E-state index contributed by atoms with van der Waals surface area (Å²) in [6.07, 6.45) is 1.43. The number of carbonyl (C=O) groups excluding carboxylic acids is 1. The van der Waals surface area contributed by atoms with Crippen LogP contribution in [0.4, 0.5) is 5.69 Å². The summed E-state index contributed by atoms with van der Waals surface area (Å²) in [5, 5.41) is 2.97. The summed E-state index contributed by atoms with van der Waals surface area (Å²) in [7, 11) is 1.59. The van der Waals surface area contributed by atoms with Gasteiger partial charge in [0.15, 0.2) is 0 Å². The lowest BCUT2D eigenvalue weighted by Gasteiger charge is -2.25. The molecule has 0 saturated heterocycles. The smallest absolute Gasteiger partial charge is 0.264 e. The van der Waals surface area contributed by atoms with Crippen LogP contribution in [0.15, 0.2) is 77.7 Å². The van der Waals surface area contributed by atoms with Crippen LogP contribution in [0.1, 0.15) is 21.5 Å². The van der Waals surface area contributed by atoms with E-state index in [1.165, 1.54) is 35.2 Å². The van der Waals surface area contributed by atoms with Gasteiger partial charge in [0.1, 0.15) is 5.75 Å². The van der Waals surface area contributed by atoms with Crippen LogP contribution >= 0.6 is 0 Å². The lowest BCUT2D eigenvalue weighted by Crippen LogP contribution is -2.41. The van der Waals surface area contributed by atoms with Crippen molar-refractivity contribution in [1.82, 2.24) is 10.2 Å². The molecule has 1 aliphatic rings. The molecule has 1 unspecified atom stereocenters. The molecule has 0 bridgehead atoms. The number of sulfonamides is 1. The van der Waals surface area contributed by atoms with Crippen molar-refractivity contribution in [3.8, 4) is 5.75 Å². The third kappa shape index (κ3) is 5.33. The van der Waals surface area contributed by atoms with Crippen molar-refractivity contribution in [1.29, 1.82) is 0 Å². The molecular weight excluding hydrogens is 462 g/mol. The second-order valence-corrected chi connectivity index (χ2v) is 10.7. The number of nitrogens with one attached hydrogen (secondary N) is 1. The van der Waals surface area contributed by atoms with Gasteiger partial charge < -0.3 is 15.0 Å². The molecule has 0 fully saturated rings. The first-order chi connectivity index (χ1) is 16.8. The molecule has 7 nitrogen and oxygen atoms in total. The molecular formula is C27H31N3O4S. The summed E-state index contributed by atoms with van der Waals surface area (Å²) >= 11 is 0. The summed E-state index contributed by atoms with van der Waals surface area (Å²) in [4.78, 5) is 15.3. The minimum absolute atomic E-state index is 0.0635. The Balaban J connectivity index is 1.55. The second-order valence-electron chi connectivity index (χ2n) is 8.84. The van der Waals surface area contributed by atoms with Gasteiger partial charge in [-0.2, -0.15) is 0 Å². The maximum Gasteiger partial charge on any atom is 0.264 e. The van der Waals surface area contributed by atoms with Gasteiger partial charge in [0, 0.05) is 19.1 Å². The van der Waals surface area contributed by atoms with E-state index in [1.54, 1.807) is 0 Å². The molecule has 1 aliphatic heterocycles. The number of fused-ring (bicyclic) bond motifs is 1. The van der Waals surface area contributed by atoms with Gasteiger partial charge in [0.05, 0.1) is 23.3 Å². The highest BCUT2D eigenvalue weighted by Gasteiger charge is 2.31. The van der Waals surface area contributed by atoms with Crippen LogP contribution in [0.3, 0.4) is 0 Å². The maximum absolute atomic E-state index is 13.5. The van der Waals surface area contributed by atoms with Gasteiger partial charge in [-0.3, -0.25) is 9.10 Å². The predicted octanol–water partition coefficient (Wildman–Crippen LogP) is 3.35. The second kappa shape index (κ2) is 10.5. The lowest BCUT2D eigenvalue weighted by atomic mass is 10.0. The van der Waals surface area contributed by atoms with Crippen molar-refractivity contribution in [3.05, 3.63) is 89.5 Å². The van der Waals surface area contributed by atoms with E-state index in [0.29, 0.717) is 30.9 Å². The van der Waals surface area contributed by atoms with E-state index in [4.69, 9.17) is 4.74 Å². The van der Waals surface area contributed by atoms with Crippen molar-refractivity contribution in [2.45, 2.75) is 23.8 Å². The standard InChI is InChI=1S/C27H31N3O4S/c1-29(2)22(17-20-9-5-4-6-10-20)19-28-27(31)24-18-23(13-14-26(24)34-3)35(32,33)30-16-15-21-11-7-8-12-25(21)30/h4-14,18,22H,15-17,19H2,1-3H3,(H,28,31). The highest BCUT2D eigenvalue weighted by Crippen LogP contribution is 2.34. The number of rotatable bonds is 9. The third-order valence-electron chi connectivity index (χ3n) is 6.39. The molecule has 0 aliphatic carbocycles. The van der Waals surface area contributed by atoms with Gasteiger partial charge in [-0.25, -0.2) is 8.42 Å². The number of methoxy groups -OCH3 is 1. The molecule has 3 aromatic carbocycles. The quantitative estimate of drug-likeness (QED) is 0.495. The van der Waals surface area contributed by atoms with E-state index in [0.717, 1.165) is 12.0 Å². The van der Waals surface area contributed by atoms with Crippen LogP contribution in [-0.2, 0) is 22.9 Å². The number of carbonyl (C=O) groups is 1. The Morgan fingerprint density at radius 2 is 1.77 bits per heavy atom. The third-order valence-corrected chi connectivity index (χ3v) is 8.20. The molecule has 1 heterocycles. The first-order valence-corrected chi connectivity index (χ1v) is 13.0. The first-order valence-electron chi connectivity index (χ1n) is 11.6. The maximum atomic E-state index is 13.5. The zero-order valence-electron chi connectivity index (χ0n) is 20.3. The summed E-state index contributed by atoms with van der Waals surface area (Å²) < 4.78 is 33.8. The number of para-hydroxylation sites is 1. The Kier molecular flexibility index (Phi) is 7.42. The monoisotopic (exact) mass is 493 g/mol. The highest BCUT2D eigenvalue weighted by atomic mass is 32.2.